The van der Waals surface area contributed by atoms with Crippen molar-refractivity contribution in [2.45, 2.75) is 39.7 Å². The number of rotatable bonds is 7. The van der Waals surface area contributed by atoms with Crippen molar-refractivity contribution in [1.29, 1.82) is 0 Å². The fourth-order valence-corrected chi connectivity index (χ4v) is 4.50. The zero-order chi connectivity index (χ0) is 17.7. The van der Waals surface area contributed by atoms with Crippen LogP contribution in [0.25, 0.3) is 0 Å². The van der Waals surface area contributed by atoms with Crippen molar-refractivity contribution >= 4 is 21.6 Å². The van der Waals surface area contributed by atoms with Gasteiger partial charge in [0.15, 0.2) is 15.5 Å². The number of aromatic nitrogens is 2. The topological polar surface area (TPSA) is 92.3 Å². The van der Waals surface area contributed by atoms with Crippen molar-refractivity contribution in [3.05, 3.63) is 17.8 Å². The third-order valence-electron chi connectivity index (χ3n) is 4.16. The second-order valence-electron chi connectivity index (χ2n) is 6.56. The largest absolute Gasteiger partial charge is 0.369 e. The van der Waals surface area contributed by atoms with Gasteiger partial charge in [0.2, 0.25) is 0 Å². The summed E-state index contributed by atoms with van der Waals surface area (Å²) < 4.78 is 23.3. The van der Waals surface area contributed by atoms with E-state index in [-0.39, 0.29) is 29.1 Å². The summed E-state index contributed by atoms with van der Waals surface area (Å²) in [6, 6.07) is 3.11. The molecule has 0 saturated carbocycles. The Labute approximate surface area is 143 Å². The first-order chi connectivity index (χ1) is 11.3. The highest BCUT2D eigenvalue weighted by Crippen LogP contribution is 2.19. The van der Waals surface area contributed by atoms with Gasteiger partial charge in [0, 0.05) is 19.1 Å². The van der Waals surface area contributed by atoms with E-state index in [1.807, 2.05) is 6.92 Å². The molecule has 1 aromatic rings. The average molecular weight is 354 g/mol. The third kappa shape index (κ3) is 4.90. The highest BCUT2D eigenvalue weighted by molar-refractivity contribution is 7.91. The summed E-state index contributed by atoms with van der Waals surface area (Å²) in [6.07, 6.45) is 1.52. The molecule has 0 bridgehead atoms. The van der Waals surface area contributed by atoms with Crippen LogP contribution in [0.2, 0.25) is 0 Å². The summed E-state index contributed by atoms with van der Waals surface area (Å²) in [5, 5.41) is 11.2. The SMILES string of the molecule is CCN(C(=O)c1ccc(NCCC(C)C)nn1)C1CCS(=O)(=O)C1. The van der Waals surface area contributed by atoms with Gasteiger partial charge in [-0.05, 0) is 37.8 Å². The van der Waals surface area contributed by atoms with Crippen LogP contribution in [-0.2, 0) is 9.84 Å². The first kappa shape index (κ1) is 18.6. The molecule has 1 saturated heterocycles. The minimum Gasteiger partial charge on any atom is -0.369 e. The summed E-state index contributed by atoms with van der Waals surface area (Å²) in [7, 11) is -3.03. The lowest BCUT2D eigenvalue weighted by Gasteiger charge is -2.26. The number of nitrogens with one attached hydrogen (secondary N) is 1. The molecule has 0 radical (unpaired) electrons. The Kier molecular flexibility index (Phi) is 6.15. The predicted octanol–water partition coefficient (Wildman–Crippen LogP) is 1.58. The molecule has 8 heteroatoms. The summed E-state index contributed by atoms with van der Waals surface area (Å²) in [6.45, 7) is 7.41. The average Bonchev–Trinajstić information content (AvgIpc) is 2.88. The van der Waals surface area contributed by atoms with Crippen molar-refractivity contribution in [2.24, 2.45) is 5.92 Å². The molecule has 24 heavy (non-hydrogen) atoms. The monoisotopic (exact) mass is 354 g/mol. The van der Waals surface area contributed by atoms with Gasteiger partial charge < -0.3 is 10.2 Å². The summed E-state index contributed by atoms with van der Waals surface area (Å²) in [5.74, 6) is 1.16. The van der Waals surface area contributed by atoms with Gasteiger partial charge >= 0.3 is 0 Å². The van der Waals surface area contributed by atoms with Crippen LogP contribution in [0.3, 0.4) is 0 Å². The maximum Gasteiger partial charge on any atom is 0.274 e. The van der Waals surface area contributed by atoms with Gasteiger partial charge in [0.1, 0.15) is 5.82 Å². The van der Waals surface area contributed by atoms with E-state index in [0.29, 0.717) is 24.7 Å². The number of carbonyl (C=O) groups is 1. The van der Waals surface area contributed by atoms with E-state index in [1.165, 1.54) is 0 Å². The molecular formula is C16H26N4O3S. The molecule has 2 rings (SSSR count). The van der Waals surface area contributed by atoms with Crippen molar-refractivity contribution in [3.63, 3.8) is 0 Å². The van der Waals surface area contributed by atoms with Crippen LogP contribution in [-0.4, -0.2) is 60.1 Å². The maximum absolute atomic E-state index is 12.6. The van der Waals surface area contributed by atoms with E-state index in [1.54, 1.807) is 17.0 Å². The molecule has 0 aliphatic carbocycles. The van der Waals surface area contributed by atoms with Gasteiger partial charge in [-0.3, -0.25) is 4.79 Å². The molecule has 0 aromatic carbocycles. The van der Waals surface area contributed by atoms with Crippen LogP contribution in [0.4, 0.5) is 5.82 Å². The highest BCUT2D eigenvalue weighted by atomic mass is 32.2. The van der Waals surface area contributed by atoms with E-state index in [4.69, 9.17) is 0 Å². The quantitative estimate of drug-likeness (QED) is 0.799. The molecule has 7 nitrogen and oxygen atoms in total. The molecule has 1 amide bonds. The second kappa shape index (κ2) is 7.92. The molecule has 1 atom stereocenters. The molecular weight excluding hydrogens is 328 g/mol. The van der Waals surface area contributed by atoms with Crippen LogP contribution >= 0.6 is 0 Å². The second-order valence-corrected chi connectivity index (χ2v) is 8.79. The molecule has 1 aliphatic heterocycles. The lowest BCUT2D eigenvalue weighted by molar-refractivity contribution is 0.0701. The van der Waals surface area contributed by atoms with Crippen LogP contribution in [0.5, 0.6) is 0 Å². The van der Waals surface area contributed by atoms with Crippen molar-refractivity contribution in [3.8, 4) is 0 Å². The normalized spacial score (nSPS) is 19.4. The highest BCUT2D eigenvalue weighted by Gasteiger charge is 2.34. The number of anilines is 1. The first-order valence-corrected chi connectivity index (χ1v) is 10.2. The molecule has 2 heterocycles. The summed E-state index contributed by atoms with van der Waals surface area (Å²) >= 11 is 0. The molecule has 1 unspecified atom stereocenters. The summed E-state index contributed by atoms with van der Waals surface area (Å²) in [5.41, 5.74) is 0.246. The van der Waals surface area contributed by atoms with E-state index in [9.17, 15) is 13.2 Å². The Morgan fingerprint density at radius 2 is 2.12 bits per heavy atom. The number of nitrogens with zero attached hydrogens (tertiary/aromatic N) is 3. The Morgan fingerprint density at radius 1 is 1.38 bits per heavy atom. The van der Waals surface area contributed by atoms with E-state index < -0.39 is 9.84 Å². The van der Waals surface area contributed by atoms with Crippen molar-refractivity contribution in [2.75, 3.05) is 29.9 Å². The van der Waals surface area contributed by atoms with Gasteiger partial charge in [0.05, 0.1) is 11.5 Å². The van der Waals surface area contributed by atoms with Crippen molar-refractivity contribution < 1.29 is 13.2 Å². The van der Waals surface area contributed by atoms with Gasteiger partial charge in [-0.15, -0.1) is 10.2 Å². The lowest BCUT2D eigenvalue weighted by atomic mass is 10.1. The molecule has 1 aliphatic rings. The fraction of sp³-hybridized carbons (Fsp3) is 0.688. The molecule has 1 aromatic heterocycles. The number of sulfone groups is 1. The Balaban J connectivity index is 2.00. The van der Waals surface area contributed by atoms with Crippen LogP contribution in [0.15, 0.2) is 12.1 Å². The minimum atomic E-state index is -3.03. The van der Waals surface area contributed by atoms with Crippen molar-refractivity contribution in [1.82, 2.24) is 15.1 Å². The number of hydrogen-bond acceptors (Lipinski definition) is 6. The van der Waals surface area contributed by atoms with Gasteiger partial charge in [0.25, 0.3) is 5.91 Å². The fourth-order valence-electron chi connectivity index (χ4n) is 2.77. The zero-order valence-corrected chi connectivity index (χ0v) is 15.3. The molecule has 1 fully saturated rings. The van der Waals surface area contributed by atoms with Crippen LogP contribution in [0, 0.1) is 5.92 Å². The molecule has 134 valence electrons. The maximum atomic E-state index is 12.6. The number of hydrogen-bond donors (Lipinski definition) is 1. The van der Waals surface area contributed by atoms with Crippen LogP contribution < -0.4 is 5.32 Å². The molecule has 1 N–H and O–H groups in total. The first-order valence-electron chi connectivity index (χ1n) is 8.41. The van der Waals surface area contributed by atoms with E-state index >= 15 is 0 Å². The van der Waals surface area contributed by atoms with E-state index in [0.717, 1.165) is 13.0 Å². The number of amides is 1. The van der Waals surface area contributed by atoms with Gasteiger partial charge in [-0.1, -0.05) is 13.8 Å². The predicted molar refractivity (Wildman–Crippen MR) is 93.7 cm³/mol. The smallest absolute Gasteiger partial charge is 0.274 e. The molecule has 0 spiro atoms. The third-order valence-corrected chi connectivity index (χ3v) is 5.91. The standard InChI is InChI=1S/C16H26N4O3S/c1-4-20(13-8-10-24(22,23)11-13)16(21)14-5-6-15(19-18-14)17-9-7-12(2)3/h5-6,12-13H,4,7-11H2,1-3H3,(H,17,19). The minimum absolute atomic E-state index is 0.0366. The van der Waals surface area contributed by atoms with E-state index in [2.05, 4.69) is 29.4 Å². The van der Waals surface area contributed by atoms with Gasteiger partial charge in [-0.25, -0.2) is 8.42 Å². The van der Waals surface area contributed by atoms with Gasteiger partial charge in [-0.2, -0.15) is 0 Å². The Bertz CT molecular complexity index is 658. The lowest BCUT2D eigenvalue weighted by Crippen LogP contribution is -2.41. The van der Waals surface area contributed by atoms with Crippen LogP contribution in [0.1, 0.15) is 44.1 Å². The zero-order valence-electron chi connectivity index (χ0n) is 14.5. The summed E-state index contributed by atoms with van der Waals surface area (Å²) in [4.78, 5) is 14.2. The Morgan fingerprint density at radius 3 is 2.62 bits per heavy atom. The number of carbonyl (C=O) groups excluding carboxylic acids is 1. The Hall–Kier alpha value is -1.70.